The average molecular weight is 590 g/mol. The highest BCUT2D eigenvalue weighted by Gasteiger charge is 2.39. The van der Waals surface area contributed by atoms with E-state index in [4.69, 9.17) is 14.2 Å². The van der Waals surface area contributed by atoms with E-state index in [0.717, 1.165) is 11.1 Å². The molecule has 1 saturated heterocycles. The molecule has 13 nitrogen and oxygen atoms in total. The first-order chi connectivity index (χ1) is 20.9. The van der Waals surface area contributed by atoms with Gasteiger partial charge < -0.3 is 34.9 Å². The highest BCUT2D eigenvalue weighted by Crippen LogP contribution is 2.32. The van der Waals surface area contributed by atoms with Gasteiger partial charge in [0, 0.05) is 26.9 Å². The Kier molecular flexibility index (Phi) is 9.32. The summed E-state index contributed by atoms with van der Waals surface area (Å²) in [5.74, 6) is 0.903. The van der Waals surface area contributed by atoms with Crippen molar-refractivity contribution in [1.82, 2.24) is 30.2 Å². The highest BCUT2D eigenvalue weighted by molar-refractivity contribution is 5.86. The lowest BCUT2D eigenvalue weighted by molar-refractivity contribution is -0.124. The Morgan fingerprint density at radius 2 is 1.86 bits per heavy atom. The minimum absolute atomic E-state index is 0.0617. The zero-order valence-electron chi connectivity index (χ0n) is 24.2. The fourth-order valence-corrected chi connectivity index (χ4v) is 5.00. The third kappa shape index (κ3) is 7.01. The Morgan fingerprint density at radius 3 is 2.56 bits per heavy atom. The summed E-state index contributed by atoms with van der Waals surface area (Å²) in [4.78, 5) is 41.4. The number of carbonyl (C=O) groups is 2. The van der Waals surface area contributed by atoms with Crippen LogP contribution in [0.1, 0.15) is 23.8 Å². The summed E-state index contributed by atoms with van der Waals surface area (Å²) in [7, 11) is 5.31. The Bertz CT molecular complexity index is 1530. The van der Waals surface area contributed by atoms with Gasteiger partial charge in [-0.3, -0.25) is 9.36 Å². The molecule has 0 saturated carbocycles. The van der Waals surface area contributed by atoms with E-state index >= 15 is 0 Å². The molecule has 3 N–H and O–H groups in total. The molecule has 4 aromatic rings. The van der Waals surface area contributed by atoms with Gasteiger partial charge in [0.1, 0.15) is 37.1 Å². The first kappa shape index (κ1) is 29.7. The van der Waals surface area contributed by atoms with Gasteiger partial charge in [0.25, 0.3) is 0 Å². The number of ether oxygens (including phenoxy) is 3. The highest BCUT2D eigenvalue weighted by atomic mass is 16.5. The second-order valence-corrected chi connectivity index (χ2v) is 10.4. The number of nitrogens with one attached hydrogen (secondary N) is 2. The number of amides is 2. The molecule has 2 aromatic heterocycles. The van der Waals surface area contributed by atoms with Crippen molar-refractivity contribution in [3.8, 4) is 5.75 Å². The Hall–Kier alpha value is -4.75. The number of nitrogens with zero attached hydrogens (tertiary/aromatic N) is 5. The molecular formula is C30H35N7O6. The minimum Gasteiger partial charge on any atom is -0.497 e. The number of fused-ring (bicyclic) bond motifs is 1. The van der Waals surface area contributed by atoms with Crippen LogP contribution >= 0.6 is 0 Å². The molecule has 3 heterocycles. The number of hydrogen-bond donors (Lipinski definition) is 3. The average Bonchev–Trinajstić information content (AvgIpc) is 3.64. The Labute approximate surface area is 248 Å². The topological polar surface area (TPSA) is 153 Å². The minimum atomic E-state index is -0.959. The van der Waals surface area contributed by atoms with E-state index in [1.807, 2.05) is 61.5 Å². The van der Waals surface area contributed by atoms with Crippen molar-refractivity contribution >= 4 is 29.0 Å². The summed E-state index contributed by atoms with van der Waals surface area (Å²) >= 11 is 0. The monoisotopic (exact) mass is 589 g/mol. The molecule has 2 amide bonds. The van der Waals surface area contributed by atoms with E-state index in [0.29, 0.717) is 29.2 Å². The number of imidazole rings is 1. The number of hydrogen-bond acceptors (Lipinski definition) is 10. The van der Waals surface area contributed by atoms with Crippen molar-refractivity contribution in [2.75, 3.05) is 32.7 Å². The van der Waals surface area contributed by atoms with Crippen LogP contribution in [0.2, 0.25) is 0 Å². The zero-order valence-corrected chi connectivity index (χ0v) is 24.2. The van der Waals surface area contributed by atoms with Crippen LogP contribution < -0.4 is 20.3 Å². The molecule has 1 fully saturated rings. The maximum absolute atomic E-state index is 13.6. The fourth-order valence-electron chi connectivity index (χ4n) is 5.00. The maximum Gasteiger partial charge on any atom is 0.408 e. The summed E-state index contributed by atoms with van der Waals surface area (Å²) in [6.45, 7) is -0.256. The SMILES string of the molecule is COc1ccc(C[C@H](NC(=O)OCc2ccccc2)C(=O)N[C@H]2C[C@H](n3cnc4c(N(C)C)ncnc43)O[C@@H]2CO)cc1. The second-order valence-electron chi connectivity index (χ2n) is 10.4. The van der Waals surface area contributed by atoms with Gasteiger partial charge >= 0.3 is 6.09 Å². The molecular weight excluding hydrogens is 554 g/mol. The summed E-state index contributed by atoms with van der Waals surface area (Å²) < 4.78 is 18.5. The Balaban J connectivity index is 1.30. The molecule has 2 aromatic carbocycles. The molecule has 1 aliphatic rings. The third-order valence-corrected chi connectivity index (χ3v) is 7.24. The number of methoxy groups -OCH3 is 1. The smallest absolute Gasteiger partial charge is 0.408 e. The van der Waals surface area contributed by atoms with E-state index in [-0.39, 0.29) is 19.6 Å². The quantitative estimate of drug-likeness (QED) is 0.237. The first-order valence-electron chi connectivity index (χ1n) is 13.9. The van der Waals surface area contributed by atoms with Crippen LogP contribution in [-0.2, 0) is 27.3 Å². The van der Waals surface area contributed by atoms with Crippen molar-refractivity contribution in [1.29, 1.82) is 0 Å². The molecule has 0 bridgehead atoms. The van der Waals surface area contributed by atoms with Crippen LogP contribution in [-0.4, -0.2) is 82.6 Å². The van der Waals surface area contributed by atoms with Gasteiger partial charge in [0.15, 0.2) is 17.0 Å². The number of alkyl carbamates (subject to hydrolysis) is 1. The number of benzene rings is 2. The summed E-state index contributed by atoms with van der Waals surface area (Å²) in [5, 5.41) is 15.8. The van der Waals surface area contributed by atoms with E-state index < -0.39 is 36.4 Å². The van der Waals surface area contributed by atoms with Crippen LogP contribution in [0, 0.1) is 0 Å². The first-order valence-corrected chi connectivity index (χ1v) is 13.9. The van der Waals surface area contributed by atoms with Gasteiger partial charge in [0.2, 0.25) is 5.91 Å². The summed E-state index contributed by atoms with van der Waals surface area (Å²) in [6.07, 6.45) is 1.67. The second kappa shape index (κ2) is 13.5. The number of aliphatic hydroxyl groups is 1. The molecule has 43 heavy (non-hydrogen) atoms. The standard InChI is InChI=1S/C30H35N7O6/c1-36(2)27-26-28(32-17-31-27)37(18-33-26)25-14-22(24(15-38)43-25)34-29(39)23(13-19-9-11-21(41-3)12-10-19)35-30(40)42-16-20-7-5-4-6-8-20/h4-12,17-18,22-25,38H,13-16H2,1-3H3,(H,34,39)(H,35,40)/t22-,23-,24+,25+/m0/s1. The van der Waals surface area contributed by atoms with Crippen molar-refractivity contribution in [3.63, 3.8) is 0 Å². The number of rotatable bonds is 11. The van der Waals surface area contributed by atoms with E-state index in [1.54, 1.807) is 30.1 Å². The lowest BCUT2D eigenvalue weighted by Gasteiger charge is -2.23. The zero-order chi connectivity index (χ0) is 30.3. The van der Waals surface area contributed by atoms with Gasteiger partial charge in [-0.15, -0.1) is 0 Å². The third-order valence-electron chi connectivity index (χ3n) is 7.24. The van der Waals surface area contributed by atoms with Crippen molar-refractivity contribution in [2.45, 2.75) is 43.9 Å². The lowest BCUT2D eigenvalue weighted by atomic mass is 10.0. The molecule has 4 atom stereocenters. The number of carbonyl (C=O) groups excluding carboxylic acids is 2. The van der Waals surface area contributed by atoms with Gasteiger partial charge in [-0.1, -0.05) is 42.5 Å². The van der Waals surface area contributed by atoms with Crippen molar-refractivity contribution in [3.05, 3.63) is 78.4 Å². The largest absolute Gasteiger partial charge is 0.497 e. The van der Waals surface area contributed by atoms with Crippen molar-refractivity contribution in [2.24, 2.45) is 0 Å². The van der Waals surface area contributed by atoms with Gasteiger partial charge in [-0.2, -0.15) is 0 Å². The molecule has 0 unspecified atom stereocenters. The maximum atomic E-state index is 13.6. The molecule has 226 valence electrons. The predicted molar refractivity (Wildman–Crippen MR) is 157 cm³/mol. The molecule has 13 heteroatoms. The van der Waals surface area contributed by atoms with Crippen LogP contribution in [0.25, 0.3) is 11.2 Å². The molecule has 0 radical (unpaired) electrons. The molecule has 5 rings (SSSR count). The summed E-state index contributed by atoms with van der Waals surface area (Å²) in [6, 6.07) is 15.0. The van der Waals surface area contributed by atoms with Crippen molar-refractivity contribution < 1.29 is 28.9 Å². The summed E-state index contributed by atoms with van der Waals surface area (Å²) in [5.41, 5.74) is 2.82. The molecule has 1 aliphatic heterocycles. The van der Waals surface area contributed by atoms with Crippen LogP contribution in [0.15, 0.2) is 67.3 Å². The van der Waals surface area contributed by atoms with E-state index in [9.17, 15) is 14.7 Å². The van der Waals surface area contributed by atoms with Crippen LogP contribution in [0.3, 0.4) is 0 Å². The van der Waals surface area contributed by atoms with Gasteiger partial charge in [-0.05, 0) is 23.3 Å². The number of anilines is 1. The predicted octanol–water partition coefficient (Wildman–Crippen LogP) is 2.20. The van der Waals surface area contributed by atoms with E-state index in [2.05, 4.69) is 25.6 Å². The van der Waals surface area contributed by atoms with Crippen LogP contribution in [0.4, 0.5) is 10.6 Å². The van der Waals surface area contributed by atoms with Gasteiger partial charge in [-0.25, -0.2) is 19.7 Å². The molecule has 0 spiro atoms. The van der Waals surface area contributed by atoms with E-state index in [1.165, 1.54) is 6.33 Å². The number of aliphatic hydroxyl groups excluding tert-OH is 1. The van der Waals surface area contributed by atoms with Crippen LogP contribution in [0.5, 0.6) is 5.75 Å². The lowest BCUT2D eigenvalue weighted by Crippen LogP contribution is -2.52. The number of aromatic nitrogens is 4. The molecule has 0 aliphatic carbocycles. The van der Waals surface area contributed by atoms with Gasteiger partial charge in [0.05, 0.1) is 26.1 Å². The fraction of sp³-hybridized carbons (Fsp3) is 0.367. The normalized spacial score (nSPS) is 18.7. The Morgan fingerprint density at radius 1 is 1.09 bits per heavy atom.